The molecule has 0 unspecified atom stereocenters. The minimum Gasteiger partial charge on any atom is -0.366 e. The Balaban J connectivity index is 1.29. The number of fused-ring (bicyclic) bond motifs is 3. The molecule has 3 aliphatic carbocycles. The molecule has 182 valence electrons. The summed E-state index contributed by atoms with van der Waals surface area (Å²) in [4.78, 5) is 8.38. The van der Waals surface area contributed by atoms with Crippen LogP contribution >= 0.6 is 15.9 Å². The highest BCUT2D eigenvalue weighted by molar-refractivity contribution is 9.10. The van der Waals surface area contributed by atoms with E-state index >= 15 is 0 Å². The molecule has 2 saturated carbocycles. The molecule has 0 radical (unpaired) electrons. The van der Waals surface area contributed by atoms with Crippen molar-refractivity contribution >= 4 is 32.8 Å². The average Bonchev–Trinajstić information content (AvgIpc) is 3.12. The highest BCUT2D eigenvalue weighted by Gasteiger charge is 2.35. The monoisotopic (exact) mass is 539 g/mol. The van der Waals surface area contributed by atoms with Crippen LogP contribution in [0, 0.1) is 29.1 Å². The van der Waals surface area contributed by atoms with Crippen molar-refractivity contribution in [2.24, 2.45) is 17.8 Å². The number of rotatable bonds is 4. The van der Waals surface area contributed by atoms with Gasteiger partial charge in [-0.15, -0.1) is 0 Å². The molecule has 2 heterocycles. The number of nitrogens with zero attached hydrogens (tertiary/aromatic N) is 4. The van der Waals surface area contributed by atoms with E-state index in [2.05, 4.69) is 37.3 Å². The normalized spacial score (nSPS) is 29.5. The molecule has 2 fully saturated rings. The summed E-state index contributed by atoms with van der Waals surface area (Å²) in [6.45, 7) is -1.29. The van der Waals surface area contributed by atoms with Gasteiger partial charge in [-0.2, -0.15) is 18.4 Å². The van der Waals surface area contributed by atoms with Crippen LogP contribution in [0.4, 0.5) is 23.4 Å². The first-order chi connectivity index (χ1) is 16.2. The highest BCUT2D eigenvalue weighted by atomic mass is 79.9. The van der Waals surface area contributed by atoms with Crippen molar-refractivity contribution in [3.63, 3.8) is 0 Å². The molecule has 2 bridgehead atoms. The fraction of sp³-hybridized carbons (Fsp3) is 0.625. The molecular formula is C24H26BrF4N5. The van der Waals surface area contributed by atoms with Gasteiger partial charge >= 0.3 is 6.18 Å². The van der Waals surface area contributed by atoms with Crippen LogP contribution in [0.2, 0.25) is 0 Å². The van der Waals surface area contributed by atoms with Crippen molar-refractivity contribution in [3.05, 3.63) is 28.1 Å². The Morgan fingerprint density at radius 3 is 2.62 bits per heavy atom. The van der Waals surface area contributed by atoms with Crippen LogP contribution in [0.3, 0.4) is 0 Å². The van der Waals surface area contributed by atoms with Crippen LogP contribution in [-0.2, 0) is 6.54 Å². The molecule has 0 amide bonds. The molecule has 0 aliphatic heterocycles. The van der Waals surface area contributed by atoms with Crippen molar-refractivity contribution in [1.29, 1.82) is 5.26 Å². The Kier molecular flexibility index (Phi) is 6.34. The zero-order valence-corrected chi connectivity index (χ0v) is 20.2. The summed E-state index contributed by atoms with van der Waals surface area (Å²) in [5.41, 5.74) is 1.96. The average molecular weight is 540 g/mol. The molecule has 2 aromatic rings. The number of anilines is 1. The summed E-state index contributed by atoms with van der Waals surface area (Å²) in [5, 5.41) is 12.7. The number of nitriles is 1. The van der Waals surface area contributed by atoms with E-state index in [1.54, 1.807) is 6.07 Å². The van der Waals surface area contributed by atoms with Gasteiger partial charge in [-0.1, -0.05) is 11.6 Å². The predicted molar refractivity (Wildman–Crippen MR) is 124 cm³/mol. The molecule has 5 rings (SSSR count). The second-order valence-electron chi connectivity index (χ2n) is 9.97. The summed E-state index contributed by atoms with van der Waals surface area (Å²) in [5.74, 6) is 1.57. The van der Waals surface area contributed by atoms with Gasteiger partial charge < -0.3 is 9.88 Å². The lowest BCUT2D eigenvalue weighted by Gasteiger charge is -2.39. The van der Waals surface area contributed by atoms with Crippen LogP contribution in [-0.4, -0.2) is 32.9 Å². The summed E-state index contributed by atoms with van der Waals surface area (Å²) in [6, 6.07) is 1.90. The Morgan fingerprint density at radius 1 is 1.18 bits per heavy atom. The fourth-order valence-corrected chi connectivity index (χ4v) is 6.76. The van der Waals surface area contributed by atoms with Crippen LogP contribution in [0.25, 0.3) is 11.0 Å². The summed E-state index contributed by atoms with van der Waals surface area (Å²) < 4.78 is 54.5. The minimum absolute atomic E-state index is 0.158. The maximum Gasteiger partial charge on any atom is 0.406 e. The molecule has 2 aromatic heterocycles. The first-order valence-corrected chi connectivity index (χ1v) is 12.6. The number of hydrogen-bond acceptors (Lipinski definition) is 4. The second kappa shape index (κ2) is 9.14. The van der Waals surface area contributed by atoms with Crippen LogP contribution < -0.4 is 5.32 Å². The molecule has 34 heavy (non-hydrogen) atoms. The molecule has 0 aromatic carbocycles. The standard InChI is InChI=1S/C24H26BrF4N5/c25-21-22-19(33-20(10-30)34(22)12-24(27,28)29)11-31-23(21)32-18-3-1-15(2-4-18)16-6-13-5-14(7-16)9-17(26)8-13/h6,11,13-15,17-18H,1-5,7-9,12H2,(H,31,32)/t13-,14+,15?,17-,18?/m0/s1. The molecule has 0 spiro atoms. The Hall–Kier alpha value is -2.15. The molecule has 3 atom stereocenters. The van der Waals surface area contributed by atoms with Crippen molar-refractivity contribution in [3.8, 4) is 6.07 Å². The van der Waals surface area contributed by atoms with Crippen molar-refractivity contribution in [2.45, 2.75) is 76.3 Å². The number of alkyl halides is 4. The zero-order chi connectivity index (χ0) is 24.0. The van der Waals surface area contributed by atoms with Gasteiger partial charge in [0.25, 0.3) is 0 Å². The smallest absolute Gasteiger partial charge is 0.366 e. The first-order valence-electron chi connectivity index (χ1n) is 11.8. The van der Waals surface area contributed by atoms with E-state index < -0.39 is 18.9 Å². The first kappa shape index (κ1) is 23.6. The Bertz CT molecular complexity index is 1140. The molecule has 3 aliphatic rings. The molecular weight excluding hydrogens is 514 g/mol. The van der Waals surface area contributed by atoms with Gasteiger partial charge in [0.05, 0.1) is 16.2 Å². The SMILES string of the molecule is N#Cc1nc2cnc(NC3CCC(C4=C[C@H]5C[C@H](F)C[C@@H](C4)C5)CC3)c(Br)c2n1CC(F)(F)F. The van der Waals surface area contributed by atoms with Gasteiger partial charge in [0.15, 0.2) is 0 Å². The van der Waals surface area contributed by atoms with Gasteiger partial charge in [-0.3, -0.25) is 0 Å². The minimum atomic E-state index is -4.48. The number of nitrogens with one attached hydrogen (secondary N) is 1. The summed E-state index contributed by atoms with van der Waals surface area (Å²) in [6.07, 6.45) is 6.07. The topological polar surface area (TPSA) is 66.5 Å². The van der Waals surface area contributed by atoms with Crippen molar-refractivity contribution in [1.82, 2.24) is 14.5 Å². The number of pyridine rings is 1. The third kappa shape index (κ3) is 4.81. The number of aromatic nitrogens is 3. The van der Waals surface area contributed by atoms with E-state index in [-0.39, 0.29) is 22.9 Å². The highest BCUT2D eigenvalue weighted by Crippen LogP contribution is 2.45. The zero-order valence-electron chi connectivity index (χ0n) is 18.6. The van der Waals surface area contributed by atoms with Crippen molar-refractivity contribution < 1.29 is 17.6 Å². The summed E-state index contributed by atoms with van der Waals surface area (Å²) in [7, 11) is 0. The van der Waals surface area contributed by atoms with E-state index in [1.807, 2.05) is 0 Å². The molecule has 1 N–H and O–H groups in total. The van der Waals surface area contributed by atoms with E-state index in [9.17, 15) is 22.8 Å². The van der Waals surface area contributed by atoms with Gasteiger partial charge in [0.1, 0.15) is 30.1 Å². The van der Waals surface area contributed by atoms with Gasteiger partial charge in [0, 0.05) is 6.04 Å². The lowest BCUT2D eigenvalue weighted by molar-refractivity contribution is -0.140. The van der Waals surface area contributed by atoms with E-state index in [4.69, 9.17) is 0 Å². The largest absolute Gasteiger partial charge is 0.406 e. The van der Waals surface area contributed by atoms with Gasteiger partial charge in [-0.05, 0) is 85.1 Å². The van der Waals surface area contributed by atoms with Gasteiger partial charge in [0.2, 0.25) is 5.82 Å². The molecule has 0 saturated heterocycles. The fourth-order valence-electron chi connectivity index (χ4n) is 6.12. The maximum absolute atomic E-state index is 13.9. The van der Waals surface area contributed by atoms with E-state index in [1.165, 1.54) is 11.8 Å². The van der Waals surface area contributed by atoms with Crippen LogP contribution in [0.1, 0.15) is 57.2 Å². The lowest BCUT2D eigenvalue weighted by atomic mass is 9.68. The summed E-state index contributed by atoms with van der Waals surface area (Å²) >= 11 is 3.41. The van der Waals surface area contributed by atoms with Gasteiger partial charge in [-0.25, -0.2) is 14.4 Å². The number of halogens is 5. The van der Waals surface area contributed by atoms with E-state index in [0.717, 1.165) is 43.1 Å². The molecule has 10 heteroatoms. The van der Waals surface area contributed by atoms with Crippen LogP contribution in [0.15, 0.2) is 22.3 Å². The second-order valence-corrected chi connectivity index (χ2v) is 10.8. The number of hydrogen-bond donors (Lipinski definition) is 1. The van der Waals surface area contributed by atoms with Crippen molar-refractivity contribution in [2.75, 3.05) is 5.32 Å². The third-order valence-corrected chi connectivity index (χ3v) is 8.27. The Labute approximate surface area is 203 Å². The predicted octanol–water partition coefficient (Wildman–Crippen LogP) is 6.68. The quantitative estimate of drug-likeness (QED) is 0.347. The molecule has 5 nitrogen and oxygen atoms in total. The lowest BCUT2D eigenvalue weighted by Crippen LogP contribution is -2.31. The van der Waals surface area contributed by atoms with Crippen LogP contribution in [0.5, 0.6) is 0 Å². The van der Waals surface area contributed by atoms with E-state index in [0.29, 0.717) is 40.9 Å². The number of imidazole rings is 1. The Morgan fingerprint density at radius 2 is 1.94 bits per heavy atom. The maximum atomic E-state index is 13.9. The number of allylic oxidation sites excluding steroid dienone is 2. The third-order valence-electron chi connectivity index (χ3n) is 7.51.